The number of sulfonamides is 1. The van der Waals surface area contributed by atoms with E-state index in [2.05, 4.69) is 6.92 Å². The second kappa shape index (κ2) is 9.92. The topological polar surface area (TPSA) is 86.5 Å². The molecule has 0 radical (unpaired) electrons. The second-order valence-corrected chi connectivity index (χ2v) is 8.75. The SMILES string of the molecule is CCCCSc1cc(C(=O)OCC)cc(S(N)(=O)=O)c1Cc1ccccc1. The fourth-order valence-electron chi connectivity index (χ4n) is 2.64. The van der Waals surface area contributed by atoms with Crippen molar-refractivity contribution in [2.24, 2.45) is 5.14 Å². The Labute approximate surface area is 165 Å². The Morgan fingerprint density at radius 3 is 2.44 bits per heavy atom. The number of esters is 1. The predicted octanol–water partition coefficient (Wildman–Crippen LogP) is 3.99. The van der Waals surface area contributed by atoms with Crippen LogP contribution in [0.2, 0.25) is 0 Å². The van der Waals surface area contributed by atoms with Gasteiger partial charge >= 0.3 is 5.97 Å². The summed E-state index contributed by atoms with van der Waals surface area (Å²) in [4.78, 5) is 12.9. The highest BCUT2D eigenvalue weighted by Crippen LogP contribution is 2.32. The van der Waals surface area contributed by atoms with Crippen LogP contribution in [0.3, 0.4) is 0 Å². The summed E-state index contributed by atoms with van der Waals surface area (Å²) in [6.07, 6.45) is 2.44. The number of benzene rings is 2. The van der Waals surface area contributed by atoms with Gasteiger partial charge in [0.25, 0.3) is 0 Å². The first kappa shape index (κ1) is 21.5. The summed E-state index contributed by atoms with van der Waals surface area (Å²) in [6.45, 7) is 4.02. The average molecular weight is 408 g/mol. The first-order chi connectivity index (χ1) is 12.9. The van der Waals surface area contributed by atoms with Gasteiger partial charge in [0.2, 0.25) is 10.0 Å². The van der Waals surface area contributed by atoms with Gasteiger partial charge in [-0.1, -0.05) is 43.7 Å². The molecule has 146 valence electrons. The van der Waals surface area contributed by atoms with Gasteiger partial charge in [-0.3, -0.25) is 0 Å². The summed E-state index contributed by atoms with van der Waals surface area (Å²) < 4.78 is 29.6. The molecule has 0 aliphatic rings. The van der Waals surface area contributed by atoms with Crippen molar-refractivity contribution in [2.75, 3.05) is 12.4 Å². The molecule has 2 N–H and O–H groups in total. The zero-order valence-corrected chi connectivity index (χ0v) is 17.2. The number of thioether (sulfide) groups is 1. The van der Waals surface area contributed by atoms with Crippen molar-refractivity contribution >= 4 is 27.8 Å². The van der Waals surface area contributed by atoms with Crippen molar-refractivity contribution in [3.05, 3.63) is 59.2 Å². The summed E-state index contributed by atoms with van der Waals surface area (Å²) in [5.74, 6) is 0.278. The van der Waals surface area contributed by atoms with Crippen molar-refractivity contribution in [3.63, 3.8) is 0 Å². The third-order valence-corrected chi connectivity index (χ3v) is 6.11. The molecule has 0 saturated heterocycles. The molecule has 0 amide bonds. The standard InChI is InChI=1S/C20H25NO4S2/c1-3-5-11-26-18-13-16(20(22)25-4-2)14-19(27(21,23)24)17(18)12-15-9-7-6-8-10-15/h6-10,13-14H,3-5,11-12H2,1-2H3,(H2,21,23,24). The molecule has 0 bridgehead atoms. The van der Waals surface area contributed by atoms with Crippen molar-refractivity contribution in [3.8, 4) is 0 Å². The Balaban J connectivity index is 2.59. The number of unbranched alkanes of at least 4 members (excludes halogenated alkanes) is 1. The first-order valence-corrected chi connectivity index (χ1v) is 11.4. The molecular formula is C20H25NO4S2. The molecular weight excluding hydrogens is 382 g/mol. The highest BCUT2D eigenvalue weighted by atomic mass is 32.2. The highest BCUT2D eigenvalue weighted by molar-refractivity contribution is 7.99. The zero-order valence-electron chi connectivity index (χ0n) is 15.6. The average Bonchev–Trinajstić information content (AvgIpc) is 2.63. The van der Waals surface area contributed by atoms with Gasteiger partial charge in [-0.05, 0) is 48.8 Å². The van der Waals surface area contributed by atoms with Crippen LogP contribution in [0.15, 0.2) is 52.3 Å². The van der Waals surface area contributed by atoms with E-state index < -0.39 is 16.0 Å². The molecule has 0 aliphatic carbocycles. The Kier molecular flexibility index (Phi) is 7.89. The highest BCUT2D eigenvalue weighted by Gasteiger charge is 2.22. The predicted molar refractivity (Wildman–Crippen MR) is 109 cm³/mol. The maximum atomic E-state index is 12.3. The fourth-order valence-corrected chi connectivity index (χ4v) is 4.74. The number of primary sulfonamides is 1. The van der Waals surface area contributed by atoms with E-state index >= 15 is 0 Å². The summed E-state index contributed by atoms with van der Waals surface area (Å²) in [5.41, 5.74) is 1.80. The second-order valence-electron chi connectivity index (χ2n) is 6.08. The van der Waals surface area contributed by atoms with Gasteiger partial charge in [0.05, 0.1) is 17.1 Å². The quantitative estimate of drug-likeness (QED) is 0.386. The van der Waals surface area contributed by atoms with Crippen LogP contribution >= 0.6 is 11.8 Å². The number of nitrogens with two attached hydrogens (primary N) is 1. The van der Waals surface area contributed by atoms with E-state index in [9.17, 15) is 13.2 Å². The van der Waals surface area contributed by atoms with Gasteiger partial charge in [-0.2, -0.15) is 0 Å². The molecule has 0 heterocycles. The maximum Gasteiger partial charge on any atom is 0.338 e. The largest absolute Gasteiger partial charge is 0.462 e. The number of hydrogen-bond donors (Lipinski definition) is 1. The number of ether oxygens (including phenoxy) is 1. The summed E-state index contributed by atoms with van der Waals surface area (Å²) in [7, 11) is -4.00. The van der Waals surface area contributed by atoms with Gasteiger partial charge in [-0.15, -0.1) is 11.8 Å². The lowest BCUT2D eigenvalue weighted by Crippen LogP contribution is -2.17. The van der Waals surface area contributed by atoms with Crippen molar-refractivity contribution in [1.82, 2.24) is 0 Å². The number of hydrogen-bond acceptors (Lipinski definition) is 5. The molecule has 0 aromatic heterocycles. The van der Waals surface area contributed by atoms with Crippen LogP contribution in [-0.2, 0) is 21.2 Å². The number of rotatable bonds is 9. The van der Waals surface area contributed by atoms with Crippen LogP contribution in [0.1, 0.15) is 48.2 Å². The Morgan fingerprint density at radius 2 is 1.85 bits per heavy atom. The number of carbonyl (C=O) groups excluding carboxylic acids is 1. The van der Waals surface area contributed by atoms with Crippen LogP contribution in [0.25, 0.3) is 0 Å². The molecule has 5 nitrogen and oxygen atoms in total. The molecule has 0 saturated carbocycles. The Hall–Kier alpha value is -1.83. The van der Waals surface area contributed by atoms with Crippen molar-refractivity contribution in [1.29, 1.82) is 0 Å². The van der Waals surface area contributed by atoms with E-state index in [1.54, 1.807) is 24.8 Å². The third-order valence-electron chi connectivity index (χ3n) is 3.96. The first-order valence-electron chi connectivity index (χ1n) is 8.90. The number of carbonyl (C=O) groups is 1. The van der Waals surface area contributed by atoms with E-state index in [1.807, 2.05) is 30.3 Å². The van der Waals surface area contributed by atoms with Crippen LogP contribution in [0.5, 0.6) is 0 Å². The maximum absolute atomic E-state index is 12.3. The molecule has 0 fully saturated rings. The van der Waals surface area contributed by atoms with Crippen LogP contribution in [0, 0.1) is 0 Å². The third kappa shape index (κ3) is 6.09. The molecule has 7 heteroatoms. The molecule has 27 heavy (non-hydrogen) atoms. The lowest BCUT2D eigenvalue weighted by molar-refractivity contribution is 0.0525. The summed E-state index contributed by atoms with van der Waals surface area (Å²) >= 11 is 1.54. The van der Waals surface area contributed by atoms with Crippen LogP contribution < -0.4 is 5.14 Å². The lowest BCUT2D eigenvalue weighted by atomic mass is 10.0. The fraction of sp³-hybridized carbons (Fsp3) is 0.350. The Bertz CT molecular complexity index is 880. The minimum absolute atomic E-state index is 0.0177. The van der Waals surface area contributed by atoms with E-state index in [0.29, 0.717) is 12.0 Å². The molecule has 0 spiro atoms. The van der Waals surface area contributed by atoms with Crippen molar-refractivity contribution in [2.45, 2.75) is 42.9 Å². The molecule has 0 atom stereocenters. The van der Waals surface area contributed by atoms with Gasteiger partial charge in [0.1, 0.15) is 0 Å². The van der Waals surface area contributed by atoms with E-state index in [-0.39, 0.29) is 17.1 Å². The minimum Gasteiger partial charge on any atom is -0.462 e. The zero-order chi connectivity index (χ0) is 19.9. The monoisotopic (exact) mass is 407 g/mol. The summed E-state index contributed by atoms with van der Waals surface area (Å²) in [5, 5.41) is 5.49. The Morgan fingerprint density at radius 1 is 1.15 bits per heavy atom. The van der Waals surface area contributed by atoms with Crippen LogP contribution in [0.4, 0.5) is 0 Å². The smallest absolute Gasteiger partial charge is 0.338 e. The van der Waals surface area contributed by atoms with Gasteiger partial charge < -0.3 is 4.74 Å². The van der Waals surface area contributed by atoms with Gasteiger partial charge in [0.15, 0.2) is 0 Å². The van der Waals surface area contributed by atoms with Crippen LogP contribution in [-0.4, -0.2) is 26.7 Å². The molecule has 0 unspecified atom stereocenters. The molecule has 0 aliphatic heterocycles. The van der Waals surface area contributed by atoms with Gasteiger partial charge in [-0.25, -0.2) is 18.4 Å². The summed E-state index contributed by atoms with van der Waals surface area (Å²) in [6, 6.07) is 12.6. The van der Waals surface area contributed by atoms with E-state index in [0.717, 1.165) is 29.1 Å². The van der Waals surface area contributed by atoms with E-state index in [4.69, 9.17) is 9.88 Å². The lowest BCUT2D eigenvalue weighted by Gasteiger charge is -2.16. The molecule has 2 rings (SSSR count). The molecule has 2 aromatic carbocycles. The molecule has 2 aromatic rings. The van der Waals surface area contributed by atoms with Crippen molar-refractivity contribution < 1.29 is 17.9 Å². The minimum atomic E-state index is -4.00. The van der Waals surface area contributed by atoms with Gasteiger partial charge in [0, 0.05) is 4.90 Å². The van der Waals surface area contributed by atoms with E-state index in [1.165, 1.54) is 6.07 Å². The normalized spacial score (nSPS) is 11.4.